The Balaban J connectivity index is 0.00000151. The lowest BCUT2D eigenvalue weighted by molar-refractivity contribution is -0.134. The van der Waals surface area contributed by atoms with Crippen molar-refractivity contribution in [1.29, 1.82) is 0 Å². The predicted molar refractivity (Wildman–Crippen MR) is 167 cm³/mol. The van der Waals surface area contributed by atoms with E-state index >= 15 is 0 Å². The van der Waals surface area contributed by atoms with Crippen molar-refractivity contribution in [3.63, 3.8) is 0 Å². The van der Waals surface area contributed by atoms with E-state index in [1.54, 1.807) is 18.2 Å². The molecular weight excluding hydrogens is 572 g/mol. The van der Waals surface area contributed by atoms with E-state index in [9.17, 15) is 23.4 Å². The van der Waals surface area contributed by atoms with E-state index in [4.69, 9.17) is 14.6 Å². The summed E-state index contributed by atoms with van der Waals surface area (Å²) in [5.41, 5.74) is 1.99. The van der Waals surface area contributed by atoms with Gasteiger partial charge in [0, 0.05) is 26.7 Å². The summed E-state index contributed by atoms with van der Waals surface area (Å²) < 4.78 is 31.4. The molecule has 0 aliphatic heterocycles. The molecule has 11 heteroatoms. The van der Waals surface area contributed by atoms with Gasteiger partial charge in [-0.3, -0.25) is 9.59 Å². The Labute approximate surface area is 255 Å². The topological polar surface area (TPSA) is 162 Å². The highest BCUT2D eigenvalue weighted by Gasteiger charge is 2.30. The molecule has 5 N–H and O–H groups in total. The zero-order valence-corrected chi connectivity index (χ0v) is 26.0. The highest BCUT2D eigenvalue weighted by Crippen LogP contribution is 2.30. The summed E-state index contributed by atoms with van der Waals surface area (Å²) in [5, 5.41) is 32.9. The molecule has 0 heterocycles. The second-order valence-electron chi connectivity index (χ2n) is 10.9. The monoisotopic (exact) mass is 620 g/mol. The van der Waals surface area contributed by atoms with E-state index in [2.05, 4.69) is 10.6 Å². The number of aryl methyl sites for hydroxylation is 1. The van der Waals surface area contributed by atoms with Crippen LogP contribution in [0.25, 0.3) is 0 Å². The number of phenolic OH excluding ortho intramolecular Hbond substituents is 1. The van der Waals surface area contributed by atoms with Crippen molar-refractivity contribution in [2.24, 2.45) is 0 Å². The smallest absolute Gasteiger partial charge is 0.300 e. The number of phenols is 1. The number of aliphatic hydroxyl groups excluding tert-OH is 1. The van der Waals surface area contributed by atoms with Gasteiger partial charge in [-0.1, -0.05) is 43.9 Å². The van der Waals surface area contributed by atoms with Crippen LogP contribution in [0.3, 0.4) is 0 Å². The number of nitrogens with one attached hydrogen (secondary N) is 2. The van der Waals surface area contributed by atoms with Crippen LogP contribution in [0, 0.1) is 0 Å². The number of hydrogen-bond donors (Lipinski definition) is 5. The molecule has 0 saturated heterocycles. The number of aromatic hydroxyl groups is 1. The van der Waals surface area contributed by atoms with Crippen LogP contribution in [-0.4, -0.2) is 67.7 Å². The van der Waals surface area contributed by atoms with E-state index < -0.39 is 21.9 Å². The third-order valence-electron chi connectivity index (χ3n) is 7.32. The number of carboxylic acids is 1. The number of aliphatic hydroxyl groups is 1. The molecule has 1 fully saturated rings. The molecule has 3 rings (SSSR count). The molecule has 0 spiro atoms. The lowest BCUT2D eigenvalue weighted by atomic mass is 10.1. The highest BCUT2D eigenvalue weighted by molar-refractivity contribution is 7.92. The van der Waals surface area contributed by atoms with Crippen molar-refractivity contribution in [2.75, 3.05) is 31.6 Å². The van der Waals surface area contributed by atoms with Gasteiger partial charge in [-0.25, -0.2) is 8.42 Å². The van der Waals surface area contributed by atoms with Crippen LogP contribution < -0.4 is 10.6 Å². The van der Waals surface area contributed by atoms with Gasteiger partial charge in [-0.2, -0.15) is 0 Å². The van der Waals surface area contributed by atoms with Gasteiger partial charge >= 0.3 is 0 Å². The molecule has 1 saturated carbocycles. The lowest BCUT2D eigenvalue weighted by Gasteiger charge is -2.14. The van der Waals surface area contributed by atoms with Crippen LogP contribution in [0.5, 0.6) is 5.75 Å². The number of sulfone groups is 1. The van der Waals surface area contributed by atoms with Crippen molar-refractivity contribution in [2.45, 2.75) is 93.8 Å². The van der Waals surface area contributed by atoms with Crippen LogP contribution in [0.2, 0.25) is 0 Å². The summed E-state index contributed by atoms with van der Waals surface area (Å²) in [6.07, 6.45) is 10.4. The second kappa shape index (κ2) is 20.1. The van der Waals surface area contributed by atoms with Gasteiger partial charge in [-0.05, 0) is 86.9 Å². The minimum absolute atomic E-state index is 0.0373. The molecule has 2 aromatic carbocycles. The van der Waals surface area contributed by atoms with Gasteiger partial charge in [-0.15, -0.1) is 0 Å². The van der Waals surface area contributed by atoms with Gasteiger partial charge in [0.1, 0.15) is 5.75 Å². The number of hydrogen-bond acceptors (Lipinski definition) is 8. The average molecular weight is 621 g/mol. The number of carbonyl (C=O) groups is 2. The van der Waals surface area contributed by atoms with E-state index in [-0.39, 0.29) is 16.7 Å². The first-order valence-electron chi connectivity index (χ1n) is 15.2. The van der Waals surface area contributed by atoms with E-state index in [0.29, 0.717) is 23.4 Å². The number of aliphatic carboxylic acids is 1. The molecular formula is C32H48N2O8S. The van der Waals surface area contributed by atoms with Crippen LogP contribution >= 0.6 is 0 Å². The van der Waals surface area contributed by atoms with Gasteiger partial charge in [0.2, 0.25) is 6.41 Å². The SMILES string of the molecule is CC(=O)O.O=CNc1cc([C@@H](O)CNCCCCCCOCCCCc2cccc(S(=O)(=O)C3CCCC3)c2)ccc1O. The van der Waals surface area contributed by atoms with Crippen LogP contribution in [0.15, 0.2) is 47.4 Å². The summed E-state index contributed by atoms with van der Waals surface area (Å²) in [4.78, 5) is 20.1. The van der Waals surface area contributed by atoms with Gasteiger partial charge in [0.05, 0.1) is 21.9 Å². The Hall–Kier alpha value is -2.99. The fraction of sp³-hybridized carbons (Fsp3) is 0.562. The summed E-state index contributed by atoms with van der Waals surface area (Å²) in [6.45, 7) is 3.76. The van der Waals surface area contributed by atoms with Gasteiger partial charge in [0.25, 0.3) is 5.97 Å². The van der Waals surface area contributed by atoms with Crippen molar-refractivity contribution in [1.82, 2.24) is 5.32 Å². The maximum Gasteiger partial charge on any atom is 0.300 e. The lowest BCUT2D eigenvalue weighted by Crippen LogP contribution is -2.22. The number of rotatable bonds is 19. The maximum absolute atomic E-state index is 12.8. The molecule has 1 atom stereocenters. The zero-order valence-electron chi connectivity index (χ0n) is 25.2. The zero-order chi connectivity index (χ0) is 31.5. The van der Waals surface area contributed by atoms with E-state index in [1.807, 2.05) is 18.2 Å². The quantitative estimate of drug-likeness (QED) is 0.0827. The summed E-state index contributed by atoms with van der Waals surface area (Å²) >= 11 is 0. The molecule has 2 aromatic rings. The van der Waals surface area contributed by atoms with Crippen LogP contribution in [-0.2, 0) is 30.6 Å². The van der Waals surface area contributed by atoms with Crippen molar-refractivity contribution in [3.8, 4) is 5.75 Å². The number of anilines is 1. The minimum Gasteiger partial charge on any atom is -0.506 e. The molecule has 1 amide bonds. The Kier molecular flexibility index (Phi) is 16.9. The van der Waals surface area contributed by atoms with Crippen molar-refractivity contribution in [3.05, 3.63) is 53.6 Å². The van der Waals surface area contributed by atoms with Crippen LogP contribution in [0.4, 0.5) is 5.69 Å². The standard InChI is InChI=1S/C30H44N2O6S.C2H4O2/c33-23-32-28-21-25(15-16-29(28)34)30(35)22-31-17-6-1-2-7-18-38-19-8-5-10-24-11-9-14-27(20-24)39(36,37)26-12-3-4-13-26;1-2(3)4/h9,11,14-16,20-21,23,26,30-31,34-35H,1-8,10,12-13,17-19,22H2,(H,32,33);1H3,(H,3,4)/t30-;/m0./s1. The van der Waals surface area contributed by atoms with Crippen LogP contribution in [0.1, 0.15) is 88.4 Å². The molecule has 240 valence electrons. The Morgan fingerprint density at radius 1 is 1.02 bits per heavy atom. The minimum atomic E-state index is -3.20. The largest absolute Gasteiger partial charge is 0.506 e. The molecule has 0 unspecified atom stereocenters. The third-order valence-corrected chi connectivity index (χ3v) is 9.58. The Morgan fingerprint density at radius 3 is 2.40 bits per heavy atom. The third kappa shape index (κ3) is 13.9. The van der Waals surface area contributed by atoms with Gasteiger partial charge < -0.3 is 30.7 Å². The number of carboxylic acid groups (broad SMARTS) is 1. The fourth-order valence-corrected chi connectivity index (χ4v) is 6.93. The molecule has 0 bridgehead atoms. The molecule has 43 heavy (non-hydrogen) atoms. The number of ether oxygens (including phenoxy) is 1. The first kappa shape index (κ1) is 36.2. The summed E-state index contributed by atoms with van der Waals surface area (Å²) in [5.74, 6) is -0.871. The van der Waals surface area contributed by atoms with E-state index in [0.717, 1.165) is 103 Å². The first-order valence-corrected chi connectivity index (χ1v) is 16.7. The van der Waals surface area contributed by atoms with Gasteiger partial charge in [0.15, 0.2) is 9.84 Å². The first-order chi connectivity index (χ1) is 20.6. The Morgan fingerprint density at radius 2 is 1.70 bits per heavy atom. The average Bonchev–Trinajstić information content (AvgIpc) is 3.53. The van der Waals surface area contributed by atoms with Crippen molar-refractivity contribution >= 4 is 27.9 Å². The number of unbranched alkanes of at least 4 members (excludes halogenated alkanes) is 4. The normalized spacial score (nSPS) is 14.1. The van der Waals surface area contributed by atoms with Crippen molar-refractivity contribution < 1.29 is 38.1 Å². The fourth-order valence-electron chi connectivity index (χ4n) is 5.01. The number of benzene rings is 2. The second-order valence-corrected chi connectivity index (χ2v) is 13.1. The molecule has 10 nitrogen and oxygen atoms in total. The number of amides is 1. The molecule has 1 aliphatic carbocycles. The van der Waals surface area contributed by atoms with E-state index in [1.165, 1.54) is 6.07 Å². The predicted octanol–water partition coefficient (Wildman–Crippen LogP) is 4.99. The molecule has 0 radical (unpaired) electrons. The summed E-state index contributed by atoms with van der Waals surface area (Å²) in [7, 11) is -3.20. The highest BCUT2D eigenvalue weighted by atomic mass is 32.2. The summed E-state index contributed by atoms with van der Waals surface area (Å²) in [6, 6.07) is 12.1. The Bertz CT molecular complexity index is 1210. The maximum atomic E-state index is 12.8. The number of carbonyl (C=O) groups excluding carboxylic acids is 1. The molecule has 1 aliphatic rings. The molecule has 0 aromatic heterocycles.